The average Bonchev–Trinajstić information content (AvgIpc) is 2.83. The zero-order valence-corrected chi connectivity index (χ0v) is 21.6. The fourth-order valence-electron chi connectivity index (χ4n) is 3.29. The van der Waals surface area contributed by atoms with Crippen molar-refractivity contribution in [1.82, 2.24) is 0 Å². The van der Waals surface area contributed by atoms with Gasteiger partial charge in [-0.25, -0.2) is 0 Å². The topological polar surface area (TPSA) is 159 Å². The van der Waals surface area contributed by atoms with E-state index in [-0.39, 0.29) is 52.1 Å². The van der Waals surface area contributed by atoms with Crippen molar-refractivity contribution in [3.63, 3.8) is 0 Å². The minimum atomic E-state index is -4.51. The van der Waals surface area contributed by atoms with Gasteiger partial charge in [0.1, 0.15) is 13.2 Å². The number of para-hydroxylation sites is 2. The summed E-state index contributed by atoms with van der Waals surface area (Å²) in [4.78, 5) is 10.7. The molecule has 1 atom stereocenters. The minimum absolute atomic E-state index is 0.00363. The molecule has 0 saturated carbocycles. The van der Waals surface area contributed by atoms with Gasteiger partial charge in [0.25, 0.3) is 20.2 Å². The van der Waals surface area contributed by atoms with Gasteiger partial charge in [-0.2, -0.15) is 16.8 Å². The number of benzene rings is 3. The maximum atomic E-state index is 12.3. The molecule has 3 aromatic carbocycles. The Kier molecular flexibility index (Phi) is 8.86. The molecular weight excluding hydrogens is 526 g/mol. The number of nitro groups is 1. The molecule has 0 saturated heterocycles. The minimum Gasteiger partial charge on any atom is -0.487 e. The first-order valence-corrected chi connectivity index (χ1v) is 13.8. The Morgan fingerprint density at radius 3 is 2.19 bits per heavy atom. The molecule has 0 aromatic heterocycles. The first-order valence-electron chi connectivity index (χ1n) is 10.9. The van der Waals surface area contributed by atoms with Gasteiger partial charge in [-0.15, -0.1) is 0 Å². The summed E-state index contributed by atoms with van der Waals surface area (Å²) >= 11 is 0. The monoisotopic (exact) mass is 551 g/mol. The lowest BCUT2D eigenvalue weighted by molar-refractivity contribution is -0.562. The third-order valence-electron chi connectivity index (χ3n) is 5.18. The van der Waals surface area contributed by atoms with Gasteiger partial charge in [0, 0.05) is 0 Å². The fraction of sp³-hybridized carbons (Fsp3) is 0.250. The summed E-state index contributed by atoms with van der Waals surface area (Å²) in [7, 11) is -8.49. The Labute approximate surface area is 214 Å². The molecular formula is C24H25NO10S2. The van der Waals surface area contributed by atoms with Crippen LogP contribution in [0.5, 0.6) is 11.5 Å². The fourth-order valence-corrected chi connectivity index (χ4v) is 4.96. The van der Waals surface area contributed by atoms with Gasteiger partial charge in [-0.05, 0) is 55.3 Å². The molecule has 3 aromatic rings. The zero-order valence-electron chi connectivity index (χ0n) is 19.9. The van der Waals surface area contributed by atoms with Crippen LogP contribution in [0.25, 0.3) is 0 Å². The molecule has 37 heavy (non-hydrogen) atoms. The highest BCUT2D eigenvalue weighted by molar-refractivity contribution is 7.86. The van der Waals surface area contributed by atoms with Crippen LogP contribution in [0.2, 0.25) is 0 Å². The van der Waals surface area contributed by atoms with Gasteiger partial charge < -0.3 is 9.47 Å². The number of rotatable bonds is 12. The van der Waals surface area contributed by atoms with E-state index in [1.54, 1.807) is 24.3 Å². The van der Waals surface area contributed by atoms with E-state index in [1.165, 1.54) is 43.3 Å². The van der Waals surface area contributed by atoms with Crippen molar-refractivity contribution in [2.24, 2.45) is 0 Å². The summed E-state index contributed by atoms with van der Waals surface area (Å²) < 4.78 is 73.2. The van der Waals surface area contributed by atoms with Crippen LogP contribution in [-0.4, -0.2) is 45.8 Å². The van der Waals surface area contributed by atoms with Crippen molar-refractivity contribution in [1.29, 1.82) is 0 Å². The first-order chi connectivity index (χ1) is 17.4. The van der Waals surface area contributed by atoms with Gasteiger partial charge in [0.05, 0.1) is 21.1 Å². The van der Waals surface area contributed by atoms with Gasteiger partial charge in [0.2, 0.25) is 0 Å². The van der Waals surface area contributed by atoms with E-state index in [0.29, 0.717) is 0 Å². The predicted molar refractivity (Wildman–Crippen MR) is 132 cm³/mol. The highest BCUT2D eigenvalue weighted by Gasteiger charge is 2.26. The summed E-state index contributed by atoms with van der Waals surface area (Å²) in [6, 6.07) is 16.3. The van der Waals surface area contributed by atoms with Crippen LogP contribution in [0.1, 0.15) is 16.7 Å². The van der Waals surface area contributed by atoms with Crippen LogP contribution in [0.4, 0.5) is 0 Å². The van der Waals surface area contributed by atoms with Crippen molar-refractivity contribution in [3.8, 4) is 11.5 Å². The summed E-state index contributed by atoms with van der Waals surface area (Å²) in [5.41, 5.74) is 1.44. The van der Waals surface area contributed by atoms with Crippen LogP contribution in [-0.2, 0) is 30.8 Å². The molecule has 0 bridgehead atoms. The third kappa shape index (κ3) is 7.73. The van der Waals surface area contributed by atoms with Gasteiger partial charge >= 0.3 is 6.23 Å². The van der Waals surface area contributed by atoms with E-state index in [4.69, 9.17) is 13.7 Å². The number of aryl methyl sites for hydroxylation is 2. The summed E-state index contributed by atoms with van der Waals surface area (Å²) in [6.07, 6.45) is -1.91. The van der Waals surface area contributed by atoms with E-state index in [9.17, 15) is 31.5 Å². The Balaban J connectivity index is 1.67. The molecule has 0 amide bonds. The normalized spacial score (nSPS) is 12.6. The van der Waals surface area contributed by atoms with E-state index in [2.05, 4.69) is 0 Å². The Bertz CT molecular complexity index is 1470. The van der Waals surface area contributed by atoms with E-state index < -0.39 is 31.4 Å². The standard InChI is InChI=1S/C24H25NO10S2/c1-17-7-11-20(12-8-17)37(31,32)34-14-13-33-21-5-3-4-6-22(21)35-24(25(26)27)16-19-10-9-18(2)23(15-19)36(28,29)30/h3-12,15,24H,13-14,16H2,1-2H3,(H,28,29,30). The Hall–Kier alpha value is -3.52. The molecule has 0 fully saturated rings. The second-order valence-electron chi connectivity index (χ2n) is 8.02. The SMILES string of the molecule is Cc1ccc(S(=O)(=O)OCCOc2ccccc2OC(Cc2ccc(C)c(S(=O)(=O)O)c2)[N+](=O)[O-])cc1. The van der Waals surface area contributed by atoms with Crippen LogP contribution < -0.4 is 9.47 Å². The molecule has 0 spiro atoms. The maximum Gasteiger partial charge on any atom is 0.358 e. The Morgan fingerprint density at radius 1 is 0.919 bits per heavy atom. The van der Waals surface area contributed by atoms with E-state index >= 15 is 0 Å². The van der Waals surface area contributed by atoms with Crippen molar-refractivity contribution in [2.45, 2.75) is 36.3 Å². The summed E-state index contributed by atoms with van der Waals surface area (Å²) in [5.74, 6) is 0.140. The van der Waals surface area contributed by atoms with E-state index in [1.807, 2.05) is 6.92 Å². The van der Waals surface area contributed by atoms with Crippen molar-refractivity contribution in [2.75, 3.05) is 13.2 Å². The molecule has 0 heterocycles. The molecule has 198 valence electrons. The zero-order chi connectivity index (χ0) is 27.2. The highest BCUT2D eigenvalue weighted by Crippen LogP contribution is 2.29. The molecule has 0 aliphatic carbocycles. The van der Waals surface area contributed by atoms with Gasteiger partial charge in [-0.1, -0.05) is 42.0 Å². The van der Waals surface area contributed by atoms with Crippen molar-refractivity contribution in [3.05, 3.63) is 93.5 Å². The van der Waals surface area contributed by atoms with Gasteiger partial charge in [0.15, 0.2) is 11.5 Å². The first kappa shape index (κ1) is 28.1. The largest absolute Gasteiger partial charge is 0.487 e. The summed E-state index contributed by atoms with van der Waals surface area (Å²) in [5, 5.41) is 11.7. The Morgan fingerprint density at radius 2 is 1.57 bits per heavy atom. The second-order valence-corrected chi connectivity index (χ2v) is 11.0. The molecule has 1 unspecified atom stereocenters. The summed E-state index contributed by atoms with van der Waals surface area (Å²) in [6.45, 7) is 2.80. The molecule has 13 heteroatoms. The molecule has 3 rings (SSSR count). The van der Waals surface area contributed by atoms with Crippen LogP contribution >= 0.6 is 0 Å². The van der Waals surface area contributed by atoms with Crippen LogP contribution in [0.3, 0.4) is 0 Å². The molecule has 0 aliphatic heterocycles. The lowest BCUT2D eigenvalue weighted by Crippen LogP contribution is -2.29. The predicted octanol–water partition coefficient (Wildman–Crippen LogP) is 3.56. The highest BCUT2D eigenvalue weighted by atomic mass is 32.2. The average molecular weight is 552 g/mol. The molecule has 0 aliphatic rings. The smallest absolute Gasteiger partial charge is 0.358 e. The lowest BCUT2D eigenvalue weighted by atomic mass is 10.1. The maximum absolute atomic E-state index is 12.3. The quantitative estimate of drug-likeness (QED) is 0.0880. The van der Waals surface area contributed by atoms with E-state index in [0.717, 1.165) is 11.6 Å². The number of hydrogen-bond donors (Lipinski definition) is 1. The van der Waals surface area contributed by atoms with Crippen molar-refractivity contribution >= 4 is 20.2 Å². The van der Waals surface area contributed by atoms with Crippen molar-refractivity contribution < 1.29 is 40.0 Å². The molecule has 11 nitrogen and oxygen atoms in total. The van der Waals surface area contributed by atoms with Crippen LogP contribution in [0.15, 0.2) is 76.5 Å². The second kappa shape index (κ2) is 11.7. The van der Waals surface area contributed by atoms with Crippen LogP contribution in [0, 0.1) is 24.0 Å². The molecule has 1 N–H and O–H groups in total. The number of hydrogen-bond acceptors (Lipinski definition) is 9. The lowest BCUT2D eigenvalue weighted by Gasteiger charge is -2.16. The molecule has 0 radical (unpaired) electrons. The number of nitrogens with zero attached hydrogens (tertiary/aromatic N) is 1. The van der Waals surface area contributed by atoms with Gasteiger partial charge in [-0.3, -0.25) is 18.9 Å². The third-order valence-corrected chi connectivity index (χ3v) is 7.50. The number of ether oxygens (including phenoxy) is 2.